The largest absolute Gasteiger partial charge is 0.504 e. The molecule has 6 nitrogen and oxygen atoms in total. The number of anilines is 1. The van der Waals surface area contributed by atoms with Crippen molar-refractivity contribution in [1.29, 1.82) is 0 Å². The smallest absolute Gasteiger partial charge is 0.235 e. The highest BCUT2D eigenvalue weighted by atomic mass is 32.2. The number of sulfonamides is 1. The molecular formula is C12H15N3O3S. The molecule has 0 saturated carbocycles. The van der Waals surface area contributed by atoms with E-state index in [2.05, 4.69) is 9.97 Å². The lowest BCUT2D eigenvalue weighted by atomic mass is 10.2. The molecule has 0 unspecified atom stereocenters. The molecule has 0 atom stereocenters. The maximum absolute atomic E-state index is 11.9. The number of pyridine rings is 2. The molecule has 2 rings (SSSR count). The van der Waals surface area contributed by atoms with E-state index >= 15 is 0 Å². The van der Waals surface area contributed by atoms with Crippen LogP contribution in [0.1, 0.15) is 12.6 Å². The minimum atomic E-state index is -3.40. The van der Waals surface area contributed by atoms with Crippen molar-refractivity contribution in [2.24, 2.45) is 0 Å². The van der Waals surface area contributed by atoms with Gasteiger partial charge in [-0.3, -0.25) is 4.31 Å². The van der Waals surface area contributed by atoms with Gasteiger partial charge in [-0.1, -0.05) is 0 Å². The second-order valence-electron chi connectivity index (χ2n) is 4.18. The van der Waals surface area contributed by atoms with Crippen LogP contribution in [0.15, 0.2) is 18.3 Å². The number of rotatable bonds is 3. The van der Waals surface area contributed by atoms with Gasteiger partial charge in [0.25, 0.3) is 0 Å². The Hall–Kier alpha value is -1.89. The molecule has 0 aliphatic carbocycles. The minimum absolute atomic E-state index is 0.0210. The van der Waals surface area contributed by atoms with Crippen molar-refractivity contribution in [3.8, 4) is 5.75 Å². The van der Waals surface area contributed by atoms with E-state index < -0.39 is 10.0 Å². The lowest BCUT2D eigenvalue weighted by Crippen LogP contribution is -2.29. The van der Waals surface area contributed by atoms with E-state index in [1.165, 1.54) is 13.2 Å². The summed E-state index contributed by atoms with van der Waals surface area (Å²) in [5, 5.41) is 10.3. The zero-order valence-electron chi connectivity index (χ0n) is 11.0. The molecule has 0 aliphatic rings. The zero-order chi connectivity index (χ0) is 14.2. The molecule has 2 heterocycles. The Balaban J connectivity index is 2.73. The van der Waals surface area contributed by atoms with Crippen molar-refractivity contribution in [2.75, 3.05) is 17.1 Å². The summed E-state index contributed by atoms with van der Waals surface area (Å²) >= 11 is 0. The molecule has 102 valence electrons. The Labute approximate surface area is 111 Å². The highest BCUT2D eigenvalue weighted by Crippen LogP contribution is 2.30. The molecule has 0 bridgehead atoms. The average Bonchev–Trinajstić information content (AvgIpc) is 2.39. The van der Waals surface area contributed by atoms with Gasteiger partial charge in [-0.25, -0.2) is 18.4 Å². The lowest BCUT2D eigenvalue weighted by molar-refractivity contribution is 0.478. The van der Waals surface area contributed by atoms with Gasteiger partial charge in [-0.15, -0.1) is 0 Å². The van der Waals surface area contributed by atoms with Gasteiger partial charge in [0.1, 0.15) is 5.52 Å². The first kappa shape index (κ1) is 13.5. The Morgan fingerprint density at radius 2 is 2.05 bits per heavy atom. The fourth-order valence-electron chi connectivity index (χ4n) is 1.76. The Morgan fingerprint density at radius 1 is 1.37 bits per heavy atom. The van der Waals surface area contributed by atoms with Gasteiger partial charge in [-0.05, 0) is 26.0 Å². The molecule has 1 N–H and O–H groups in total. The summed E-state index contributed by atoms with van der Waals surface area (Å²) in [6.07, 6.45) is 1.21. The van der Waals surface area contributed by atoms with Crippen LogP contribution in [-0.2, 0) is 10.0 Å². The van der Waals surface area contributed by atoms with E-state index in [0.29, 0.717) is 10.9 Å². The molecule has 0 radical (unpaired) electrons. The van der Waals surface area contributed by atoms with Crippen molar-refractivity contribution in [1.82, 2.24) is 9.97 Å². The van der Waals surface area contributed by atoms with Gasteiger partial charge in [0, 0.05) is 18.1 Å². The Kier molecular flexibility index (Phi) is 3.32. The van der Waals surface area contributed by atoms with Gasteiger partial charge in [0.2, 0.25) is 10.0 Å². The molecule has 0 spiro atoms. The second-order valence-corrected chi connectivity index (χ2v) is 6.47. The Morgan fingerprint density at radius 3 is 2.68 bits per heavy atom. The second kappa shape index (κ2) is 4.65. The van der Waals surface area contributed by atoms with E-state index in [1.54, 1.807) is 26.0 Å². The number of aromatic nitrogens is 2. The zero-order valence-corrected chi connectivity index (χ0v) is 11.8. The van der Waals surface area contributed by atoms with Gasteiger partial charge < -0.3 is 5.11 Å². The van der Waals surface area contributed by atoms with Gasteiger partial charge in [0.05, 0.1) is 11.9 Å². The first-order chi connectivity index (χ1) is 8.86. The van der Waals surface area contributed by atoms with Crippen LogP contribution in [0, 0.1) is 6.92 Å². The van der Waals surface area contributed by atoms with Crippen LogP contribution in [0.2, 0.25) is 0 Å². The molecule has 0 amide bonds. The maximum atomic E-state index is 11.9. The topological polar surface area (TPSA) is 83.4 Å². The summed E-state index contributed by atoms with van der Waals surface area (Å²) < 4.78 is 24.9. The first-order valence-electron chi connectivity index (χ1n) is 5.78. The summed E-state index contributed by atoms with van der Waals surface area (Å²) in [6.45, 7) is 3.36. The summed E-state index contributed by atoms with van der Waals surface area (Å²) in [5.74, 6) is 0.180. The van der Waals surface area contributed by atoms with Crippen LogP contribution in [0.3, 0.4) is 0 Å². The molecule has 0 saturated heterocycles. The number of aryl methyl sites for hydroxylation is 1. The van der Waals surface area contributed by atoms with E-state index in [9.17, 15) is 13.5 Å². The molecule has 19 heavy (non-hydrogen) atoms. The number of nitrogens with zero attached hydrogens (tertiary/aromatic N) is 3. The van der Waals surface area contributed by atoms with Gasteiger partial charge >= 0.3 is 0 Å². The van der Waals surface area contributed by atoms with Crippen molar-refractivity contribution in [3.05, 3.63) is 24.0 Å². The lowest BCUT2D eigenvalue weighted by Gasteiger charge is -2.19. The van der Waals surface area contributed by atoms with Gasteiger partial charge in [0.15, 0.2) is 11.6 Å². The molecule has 2 aromatic heterocycles. The van der Waals surface area contributed by atoms with Crippen LogP contribution >= 0.6 is 0 Å². The summed E-state index contributed by atoms with van der Waals surface area (Å²) in [7, 11) is -1.96. The highest BCUT2D eigenvalue weighted by Gasteiger charge is 2.20. The van der Waals surface area contributed by atoms with Crippen molar-refractivity contribution in [2.45, 2.75) is 13.8 Å². The van der Waals surface area contributed by atoms with Crippen LogP contribution in [0.5, 0.6) is 5.75 Å². The molecule has 0 aromatic carbocycles. The third-order valence-corrected chi connectivity index (χ3v) is 4.64. The van der Waals surface area contributed by atoms with Gasteiger partial charge in [-0.2, -0.15) is 0 Å². The van der Waals surface area contributed by atoms with Crippen LogP contribution < -0.4 is 4.31 Å². The van der Waals surface area contributed by atoms with E-state index in [0.717, 1.165) is 10.00 Å². The van der Waals surface area contributed by atoms with E-state index in [-0.39, 0.29) is 17.3 Å². The third-order valence-electron chi connectivity index (χ3n) is 2.91. The van der Waals surface area contributed by atoms with Crippen molar-refractivity contribution < 1.29 is 13.5 Å². The fourth-order valence-corrected chi connectivity index (χ4v) is 2.56. The third kappa shape index (κ3) is 2.33. The standard InChI is InChI=1S/C12H15N3O3S/c1-4-19(17,18)15(3)12-9-6-5-8(2)14-11(9)10(16)7-13-12/h5-7,16H,4H2,1-3H3. The summed E-state index contributed by atoms with van der Waals surface area (Å²) in [6, 6.07) is 3.46. The van der Waals surface area contributed by atoms with E-state index in [4.69, 9.17) is 0 Å². The van der Waals surface area contributed by atoms with Crippen molar-refractivity contribution >= 4 is 26.7 Å². The SMILES string of the molecule is CCS(=O)(=O)N(C)c1ncc(O)c2nc(C)ccc12. The van der Waals surface area contributed by atoms with Crippen molar-refractivity contribution in [3.63, 3.8) is 0 Å². The normalized spacial score (nSPS) is 11.7. The molecule has 2 aromatic rings. The summed E-state index contributed by atoms with van der Waals surface area (Å²) in [4.78, 5) is 8.22. The molecular weight excluding hydrogens is 266 g/mol. The average molecular weight is 281 g/mol. The van der Waals surface area contributed by atoms with Crippen LogP contribution in [-0.4, -0.2) is 36.3 Å². The predicted octanol–water partition coefficient (Wildman–Crippen LogP) is 1.43. The van der Waals surface area contributed by atoms with Crippen LogP contribution in [0.25, 0.3) is 10.9 Å². The van der Waals surface area contributed by atoms with Crippen LogP contribution in [0.4, 0.5) is 5.82 Å². The molecule has 7 heteroatoms. The Bertz CT molecular complexity index is 728. The predicted molar refractivity (Wildman–Crippen MR) is 73.8 cm³/mol. The first-order valence-corrected chi connectivity index (χ1v) is 7.39. The van der Waals surface area contributed by atoms with E-state index in [1.807, 2.05) is 0 Å². The maximum Gasteiger partial charge on any atom is 0.235 e. The monoisotopic (exact) mass is 281 g/mol. The fraction of sp³-hybridized carbons (Fsp3) is 0.333. The molecule has 0 aliphatic heterocycles. The number of fused-ring (bicyclic) bond motifs is 1. The number of aromatic hydroxyl groups is 1. The quantitative estimate of drug-likeness (QED) is 0.920. The minimum Gasteiger partial charge on any atom is -0.504 e. The number of hydrogen-bond acceptors (Lipinski definition) is 5. The number of hydrogen-bond donors (Lipinski definition) is 1. The highest BCUT2D eigenvalue weighted by molar-refractivity contribution is 7.92. The summed E-state index contributed by atoms with van der Waals surface area (Å²) in [5.41, 5.74) is 1.09. The molecule has 0 fully saturated rings.